The topological polar surface area (TPSA) is 159 Å². The molecule has 144 valence electrons. The molecule has 0 rings (SSSR count). The summed E-state index contributed by atoms with van der Waals surface area (Å²) in [4.78, 5) is 44.2. The van der Waals surface area contributed by atoms with E-state index in [0.717, 1.165) is 0 Å². The Bertz CT molecular complexity index is 575. The van der Waals surface area contributed by atoms with Crippen LogP contribution < -0.4 is 15.4 Å². The lowest BCUT2D eigenvalue weighted by atomic mass is 10.2. The van der Waals surface area contributed by atoms with Gasteiger partial charge in [-0.15, -0.1) is 0 Å². The maximum absolute atomic E-state index is 11.7. The highest BCUT2D eigenvalue weighted by Gasteiger charge is 2.15. The van der Waals surface area contributed by atoms with Crippen molar-refractivity contribution in [2.24, 2.45) is 0 Å². The van der Waals surface area contributed by atoms with Crippen molar-refractivity contribution in [2.75, 3.05) is 19.3 Å². The number of hydrogen-bond acceptors (Lipinski definition) is 6. The summed E-state index contributed by atoms with van der Waals surface area (Å²) < 4.78 is 25.2. The largest absolute Gasteiger partial charge is 0.481 e. The maximum Gasteiger partial charge on any atom is 0.303 e. The van der Waals surface area contributed by atoms with Crippen LogP contribution in [0.5, 0.6) is 0 Å². The Morgan fingerprint density at radius 1 is 0.840 bits per heavy atom. The molecule has 0 aliphatic carbocycles. The molecule has 0 aliphatic heterocycles. The highest BCUT2D eigenvalue weighted by atomic mass is 32.2. The molecular formula is C14H25N3O7S. The fraction of sp³-hybridized carbons (Fsp3) is 0.714. The number of amides is 3. The standard InChI is InChI=1S/C14H25N3O7S/c1-15-11(18)6-3-9-16-12(19)7-4-10-25(23,24)17-13(20)5-2-8-14(21)22/h2-10H2,1H3,(H,15,18)(H,16,19)(H,17,20)(H,21,22). The molecule has 10 nitrogen and oxygen atoms in total. The molecular weight excluding hydrogens is 354 g/mol. The highest BCUT2D eigenvalue weighted by Crippen LogP contribution is 1.99. The molecule has 0 unspecified atom stereocenters. The zero-order valence-corrected chi connectivity index (χ0v) is 15.0. The minimum absolute atomic E-state index is 0.0198. The predicted molar refractivity (Wildman–Crippen MR) is 89.0 cm³/mol. The van der Waals surface area contributed by atoms with E-state index in [0.29, 0.717) is 19.4 Å². The van der Waals surface area contributed by atoms with E-state index in [4.69, 9.17) is 5.11 Å². The second-order valence-corrected chi connectivity index (χ2v) is 7.16. The molecule has 0 fully saturated rings. The van der Waals surface area contributed by atoms with E-state index >= 15 is 0 Å². The van der Waals surface area contributed by atoms with Crippen molar-refractivity contribution in [2.45, 2.75) is 44.9 Å². The molecule has 0 radical (unpaired) electrons. The van der Waals surface area contributed by atoms with Crippen LogP contribution in [0.3, 0.4) is 0 Å². The van der Waals surface area contributed by atoms with Crippen LogP contribution in [0.1, 0.15) is 44.9 Å². The summed E-state index contributed by atoms with van der Waals surface area (Å²) in [5.74, 6) is -2.67. The third-order valence-corrected chi connectivity index (χ3v) is 4.43. The molecule has 0 aromatic heterocycles. The third-order valence-electron chi connectivity index (χ3n) is 3.06. The number of aliphatic carboxylic acids is 1. The zero-order chi connectivity index (χ0) is 19.3. The number of carboxylic acids is 1. The lowest BCUT2D eigenvalue weighted by Gasteiger charge is -2.07. The predicted octanol–water partition coefficient (Wildman–Crippen LogP) is -0.890. The molecule has 0 spiro atoms. The van der Waals surface area contributed by atoms with Crippen molar-refractivity contribution in [3.8, 4) is 0 Å². The summed E-state index contributed by atoms with van der Waals surface area (Å²) in [5, 5.41) is 13.5. The normalized spacial score (nSPS) is 10.8. The van der Waals surface area contributed by atoms with Crippen LogP contribution in [-0.2, 0) is 29.2 Å². The van der Waals surface area contributed by atoms with Gasteiger partial charge in [0, 0.05) is 39.3 Å². The Kier molecular flexibility index (Phi) is 11.2. The number of hydrogen-bond donors (Lipinski definition) is 4. The van der Waals surface area contributed by atoms with Gasteiger partial charge in [-0.1, -0.05) is 0 Å². The van der Waals surface area contributed by atoms with Crippen molar-refractivity contribution < 1.29 is 32.7 Å². The van der Waals surface area contributed by atoms with Crippen molar-refractivity contribution in [1.29, 1.82) is 0 Å². The van der Waals surface area contributed by atoms with Crippen molar-refractivity contribution in [1.82, 2.24) is 15.4 Å². The molecule has 0 aromatic carbocycles. The Labute approximate surface area is 146 Å². The minimum atomic E-state index is -3.85. The first-order valence-corrected chi connectivity index (χ1v) is 9.54. The van der Waals surface area contributed by atoms with Gasteiger partial charge in [-0.05, 0) is 19.3 Å². The molecule has 0 saturated carbocycles. The van der Waals surface area contributed by atoms with E-state index in [1.165, 1.54) is 7.05 Å². The summed E-state index contributed by atoms with van der Waals surface area (Å²) in [6, 6.07) is 0. The van der Waals surface area contributed by atoms with Gasteiger partial charge < -0.3 is 15.7 Å². The van der Waals surface area contributed by atoms with Crippen LogP contribution in [-0.4, -0.2) is 56.6 Å². The Hall–Kier alpha value is -2.17. The van der Waals surface area contributed by atoms with E-state index in [-0.39, 0.29) is 49.7 Å². The molecule has 0 aliphatic rings. The van der Waals surface area contributed by atoms with Gasteiger partial charge in [0.15, 0.2) is 0 Å². The van der Waals surface area contributed by atoms with Gasteiger partial charge in [0.1, 0.15) is 0 Å². The smallest absolute Gasteiger partial charge is 0.303 e. The maximum atomic E-state index is 11.7. The third kappa shape index (κ3) is 13.9. The van der Waals surface area contributed by atoms with Crippen molar-refractivity contribution in [3.05, 3.63) is 0 Å². The molecule has 11 heteroatoms. The van der Waals surface area contributed by atoms with Crippen LogP contribution in [0, 0.1) is 0 Å². The van der Waals surface area contributed by atoms with Crippen molar-refractivity contribution >= 4 is 33.7 Å². The molecule has 0 saturated heterocycles. The average Bonchev–Trinajstić information content (AvgIpc) is 2.50. The Balaban J connectivity index is 3.89. The number of carbonyl (C=O) groups is 4. The molecule has 0 aromatic rings. The first-order chi connectivity index (χ1) is 11.7. The fourth-order valence-electron chi connectivity index (χ4n) is 1.79. The fourth-order valence-corrected chi connectivity index (χ4v) is 2.86. The van der Waals surface area contributed by atoms with Gasteiger partial charge in [-0.2, -0.15) is 0 Å². The minimum Gasteiger partial charge on any atom is -0.481 e. The Morgan fingerprint density at radius 3 is 2.04 bits per heavy atom. The molecule has 4 N–H and O–H groups in total. The van der Waals surface area contributed by atoms with E-state index in [1.807, 2.05) is 4.72 Å². The first-order valence-electron chi connectivity index (χ1n) is 7.88. The molecule has 0 atom stereocenters. The average molecular weight is 379 g/mol. The van der Waals surface area contributed by atoms with Crippen LogP contribution in [0.25, 0.3) is 0 Å². The summed E-state index contributed by atoms with van der Waals surface area (Å²) in [7, 11) is -2.33. The second-order valence-electron chi connectivity index (χ2n) is 5.32. The van der Waals surface area contributed by atoms with E-state index in [2.05, 4.69) is 10.6 Å². The van der Waals surface area contributed by atoms with Gasteiger partial charge in [-0.25, -0.2) is 8.42 Å². The van der Waals surface area contributed by atoms with Crippen LogP contribution in [0.4, 0.5) is 0 Å². The van der Waals surface area contributed by atoms with Gasteiger partial charge in [0.2, 0.25) is 27.7 Å². The van der Waals surface area contributed by atoms with Gasteiger partial charge >= 0.3 is 5.97 Å². The van der Waals surface area contributed by atoms with Crippen molar-refractivity contribution in [3.63, 3.8) is 0 Å². The number of sulfonamides is 1. The summed E-state index contributed by atoms with van der Waals surface area (Å²) in [6.07, 6.45) is 0.433. The summed E-state index contributed by atoms with van der Waals surface area (Å²) in [6.45, 7) is 0.319. The lowest BCUT2D eigenvalue weighted by molar-refractivity contribution is -0.137. The monoisotopic (exact) mass is 379 g/mol. The highest BCUT2D eigenvalue weighted by molar-refractivity contribution is 7.90. The number of nitrogens with one attached hydrogen (secondary N) is 3. The molecule has 3 amide bonds. The quantitative estimate of drug-likeness (QED) is 0.302. The molecule has 0 bridgehead atoms. The molecule has 25 heavy (non-hydrogen) atoms. The van der Waals surface area contributed by atoms with E-state index in [9.17, 15) is 27.6 Å². The number of carbonyl (C=O) groups excluding carboxylic acids is 3. The van der Waals surface area contributed by atoms with Gasteiger partial charge in [-0.3, -0.25) is 23.9 Å². The SMILES string of the molecule is CNC(=O)CCCNC(=O)CCCS(=O)(=O)NC(=O)CCCC(=O)O. The summed E-state index contributed by atoms with van der Waals surface area (Å²) >= 11 is 0. The summed E-state index contributed by atoms with van der Waals surface area (Å²) in [5.41, 5.74) is 0. The van der Waals surface area contributed by atoms with E-state index in [1.54, 1.807) is 0 Å². The van der Waals surface area contributed by atoms with E-state index < -0.39 is 21.9 Å². The van der Waals surface area contributed by atoms with Crippen LogP contribution in [0.2, 0.25) is 0 Å². The Morgan fingerprint density at radius 2 is 1.44 bits per heavy atom. The lowest BCUT2D eigenvalue weighted by Crippen LogP contribution is -2.33. The zero-order valence-electron chi connectivity index (χ0n) is 14.2. The van der Waals surface area contributed by atoms with Crippen LogP contribution >= 0.6 is 0 Å². The number of carboxylic acid groups (broad SMARTS) is 1. The molecule has 0 heterocycles. The number of rotatable bonds is 13. The first kappa shape index (κ1) is 22.8. The second kappa shape index (κ2) is 12.2. The van der Waals surface area contributed by atoms with Crippen LogP contribution in [0.15, 0.2) is 0 Å². The van der Waals surface area contributed by atoms with Gasteiger partial charge in [0.25, 0.3) is 0 Å². The van der Waals surface area contributed by atoms with Gasteiger partial charge in [0.05, 0.1) is 5.75 Å².